The molecule has 92 valence electrons. The largest absolute Gasteiger partial charge is 0.387 e. The summed E-state index contributed by atoms with van der Waals surface area (Å²) in [7, 11) is 0. The fourth-order valence-corrected chi connectivity index (χ4v) is 2.89. The molecule has 2 aromatic rings. The molecule has 0 radical (unpaired) electrons. The first-order valence-electron chi connectivity index (χ1n) is 6.19. The molecule has 1 aromatic carbocycles. The summed E-state index contributed by atoms with van der Waals surface area (Å²) in [6.45, 7) is 0. The molecule has 2 heterocycles. The van der Waals surface area contributed by atoms with Crippen LogP contribution in [0.15, 0.2) is 36.8 Å². The van der Waals surface area contributed by atoms with Crippen LogP contribution in [-0.4, -0.2) is 26.4 Å². The highest BCUT2D eigenvalue weighted by molar-refractivity contribution is 5.69. The van der Waals surface area contributed by atoms with Crippen LogP contribution in [0.2, 0.25) is 0 Å². The molecule has 1 aliphatic carbocycles. The lowest BCUT2D eigenvalue weighted by Crippen LogP contribution is -2.33. The van der Waals surface area contributed by atoms with Crippen molar-refractivity contribution in [1.82, 2.24) is 9.55 Å². The maximum absolute atomic E-state index is 14.2. The number of aliphatic hydroxyl groups excluding tert-OH is 1. The van der Waals surface area contributed by atoms with E-state index in [9.17, 15) is 9.50 Å². The molecular formula is C14H13FN2O. The maximum Gasteiger partial charge on any atom is 0.139 e. The van der Waals surface area contributed by atoms with Gasteiger partial charge in [-0.3, -0.25) is 0 Å². The minimum absolute atomic E-state index is 0.341. The molecule has 2 atom stereocenters. The summed E-state index contributed by atoms with van der Waals surface area (Å²) in [5, 5.41) is 10.3. The molecule has 1 unspecified atom stereocenters. The minimum Gasteiger partial charge on any atom is -0.387 e. The summed E-state index contributed by atoms with van der Waals surface area (Å²) >= 11 is 0. The van der Waals surface area contributed by atoms with Gasteiger partial charge in [-0.15, -0.1) is 0 Å². The Morgan fingerprint density at radius 2 is 2.17 bits per heavy atom. The molecule has 0 bridgehead atoms. The highest BCUT2D eigenvalue weighted by Gasteiger charge is 2.54. The number of rotatable bonds is 2. The van der Waals surface area contributed by atoms with Crippen LogP contribution in [0.5, 0.6) is 0 Å². The summed E-state index contributed by atoms with van der Waals surface area (Å²) in [5.41, 5.74) is 1.58. The van der Waals surface area contributed by atoms with Gasteiger partial charge in [0.15, 0.2) is 0 Å². The Kier molecular flexibility index (Phi) is 1.83. The number of aromatic nitrogens is 2. The second-order valence-electron chi connectivity index (χ2n) is 5.20. The van der Waals surface area contributed by atoms with Gasteiger partial charge >= 0.3 is 0 Å². The number of hydrogen-bond acceptors (Lipinski definition) is 2. The first-order chi connectivity index (χ1) is 8.71. The van der Waals surface area contributed by atoms with Gasteiger partial charge in [0.25, 0.3) is 0 Å². The Morgan fingerprint density at radius 3 is 2.94 bits per heavy atom. The van der Waals surface area contributed by atoms with Gasteiger partial charge in [0.1, 0.15) is 11.8 Å². The Labute approximate surface area is 104 Å². The molecule has 1 N–H and O–H groups in total. The number of fused-ring (bicyclic) bond motifs is 3. The number of hydrogen-bond donors (Lipinski definition) is 1. The molecule has 1 aliphatic heterocycles. The highest BCUT2D eigenvalue weighted by atomic mass is 19.1. The van der Waals surface area contributed by atoms with Gasteiger partial charge < -0.3 is 9.67 Å². The molecule has 0 spiro atoms. The smallest absolute Gasteiger partial charge is 0.139 e. The monoisotopic (exact) mass is 244 g/mol. The van der Waals surface area contributed by atoms with Gasteiger partial charge in [-0.2, -0.15) is 0 Å². The SMILES string of the molecule is OC([C@@H]1c2ccccc2-c2cncn21)C1(F)CC1. The lowest BCUT2D eigenvalue weighted by Gasteiger charge is -2.24. The minimum atomic E-state index is -1.41. The van der Waals surface area contributed by atoms with Crippen LogP contribution >= 0.6 is 0 Å². The Hall–Kier alpha value is -1.68. The van der Waals surface area contributed by atoms with Gasteiger partial charge in [0, 0.05) is 5.56 Å². The zero-order chi connectivity index (χ0) is 12.3. The maximum atomic E-state index is 14.2. The van der Waals surface area contributed by atoms with Crippen LogP contribution in [0.1, 0.15) is 24.4 Å². The second kappa shape index (κ2) is 3.20. The Morgan fingerprint density at radius 1 is 1.39 bits per heavy atom. The van der Waals surface area contributed by atoms with E-state index in [2.05, 4.69) is 4.98 Å². The van der Waals surface area contributed by atoms with E-state index in [0.29, 0.717) is 12.8 Å². The zero-order valence-corrected chi connectivity index (χ0v) is 9.75. The van der Waals surface area contributed by atoms with Crippen molar-refractivity contribution >= 4 is 0 Å². The normalized spacial score (nSPS) is 24.4. The third-order valence-electron chi connectivity index (χ3n) is 4.08. The summed E-state index contributed by atoms with van der Waals surface area (Å²) in [6.07, 6.45) is 3.36. The average molecular weight is 244 g/mol. The van der Waals surface area contributed by atoms with Gasteiger partial charge in [-0.25, -0.2) is 9.37 Å². The Bertz CT molecular complexity index is 618. The van der Waals surface area contributed by atoms with E-state index in [-0.39, 0.29) is 6.04 Å². The third kappa shape index (κ3) is 1.18. The molecule has 4 heteroatoms. The van der Waals surface area contributed by atoms with Crippen LogP contribution in [-0.2, 0) is 0 Å². The highest BCUT2D eigenvalue weighted by Crippen LogP contribution is 2.51. The third-order valence-corrected chi connectivity index (χ3v) is 4.08. The first kappa shape index (κ1) is 10.3. The van der Waals surface area contributed by atoms with E-state index in [1.807, 2.05) is 28.8 Å². The predicted molar refractivity (Wildman–Crippen MR) is 64.9 cm³/mol. The molecule has 3 nitrogen and oxygen atoms in total. The molecular weight excluding hydrogens is 231 g/mol. The molecule has 0 saturated heterocycles. The van der Waals surface area contributed by atoms with Crippen LogP contribution in [0.4, 0.5) is 4.39 Å². The van der Waals surface area contributed by atoms with Gasteiger partial charge in [0.2, 0.25) is 0 Å². The van der Waals surface area contributed by atoms with Crippen molar-refractivity contribution in [3.63, 3.8) is 0 Å². The van der Waals surface area contributed by atoms with Crippen molar-refractivity contribution in [3.05, 3.63) is 42.4 Å². The molecule has 0 amide bonds. The summed E-state index contributed by atoms with van der Waals surface area (Å²) in [5.74, 6) is 0. The van der Waals surface area contributed by atoms with E-state index < -0.39 is 11.8 Å². The molecule has 1 aromatic heterocycles. The predicted octanol–water partition coefficient (Wildman–Crippen LogP) is 2.32. The molecule has 2 aliphatic rings. The molecule has 4 rings (SSSR count). The van der Waals surface area contributed by atoms with Crippen LogP contribution in [0.25, 0.3) is 11.3 Å². The topological polar surface area (TPSA) is 38.1 Å². The second-order valence-corrected chi connectivity index (χ2v) is 5.20. The summed E-state index contributed by atoms with van der Waals surface area (Å²) < 4.78 is 16.0. The molecule has 1 fully saturated rings. The lowest BCUT2D eigenvalue weighted by atomic mass is 9.96. The zero-order valence-electron chi connectivity index (χ0n) is 9.75. The first-order valence-corrected chi connectivity index (χ1v) is 6.19. The van der Waals surface area contributed by atoms with Gasteiger partial charge in [-0.05, 0) is 18.4 Å². The van der Waals surface area contributed by atoms with Crippen molar-refractivity contribution in [2.75, 3.05) is 0 Å². The summed E-state index contributed by atoms with van der Waals surface area (Å²) in [4.78, 5) is 4.11. The van der Waals surface area contributed by atoms with E-state index in [0.717, 1.165) is 16.8 Å². The Balaban J connectivity index is 1.89. The van der Waals surface area contributed by atoms with E-state index >= 15 is 0 Å². The van der Waals surface area contributed by atoms with E-state index in [1.54, 1.807) is 12.5 Å². The number of alkyl halides is 1. The number of nitrogens with zero attached hydrogens (tertiary/aromatic N) is 2. The van der Waals surface area contributed by atoms with Crippen molar-refractivity contribution in [1.29, 1.82) is 0 Å². The van der Waals surface area contributed by atoms with Crippen LogP contribution in [0.3, 0.4) is 0 Å². The van der Waals surface area contributed by atoms with Gasteiger partial charge in [-0.1, -0.05) is 24.3 Å². The number of halogens is 1. The van der Waals surface area contributed by atoms with Crippen LogP contribution < -0.4 is 0 Å². The quantitative estimate of drug-likeness (QED) is 0.880. The summed E-state index contributed by atoms with van der Waals surface area (Å²) in [6, 6.07) is 7.49. The average Bonchev–Trinajstić information content (AvgIpc) is 2.87. The van der Waals surface area contributed by atoms with Crippen molar-refractivity contribution in [2.45, 2.75) is 30.7 Å². The van der Waals surface area contributed by atoms with Crippen molar-refractivity contribution in [3.8, 4) is 11.3 Å². The molecule has 1 saturated carbocycles. The standard InChI is InChI=1S/C14H13FN2O/c15-14(5-6-14)13(18)12-10-4-2-1-3-9(10)11-7-16-8-17(11)12/h1-4,7-8,12-13,18H,5-6H2/t12-,13?/m0/s1. The lowest BCUT2D eigenvalue weighted by molar-refractivity contribution is 0.0330. The van der Waals surface area contributed by atoms with Crippen molar-refractivity contribution < 1.29 is 9.50 Å². The van der Waals surface area contributed by atoms with Gasteiger partial charge in [0.05, 0.1) is 24.3 Å². The number of imidazole rings is 1. The fourth-order valence-electron chi connectivity index (χ4n) is 2.89. The number of aliphatic hydroxyl groups is 1. The molecule has 18 heavy (non-hydrogen) atoms. The van der Waals surface area contributed by atoms with Crippen molar-refractivity contribution in [2.24, 2.45) is 0 Å². The van der Waals surface area contributed by atoms with E-state index in [1.165, 1.54) is 0 Å². The number of benzene rings is 1. The van der Waals surface area contributed by atoms with Crippen LogP contribution in [0, 0.1) is 0 Å². The van der Waals surface area contributed by atoms with E-state index in [4.69, 9.17) is 0 Å². The fraction of sp³-hybridized carbons (Fsp3) is 0.357.